The molecule has 0 saturated carbocycles. The van der Waals surface area contributed by atoms with Crippen LogP contribution in [0.3, 0.4) is 0 Å². The van der Waals surface area contributed by atoms with Crippen molar-refractivity contribution < 1.29 is 14.0 Å². The van der Waals surface area contributed by atoms with Crippen molar-refractivity contribution in [1.29, 1.82) is 0 Å². The van der Waals surface area contributed by atoms with Gasteiger partial charge in [0.05, 0.1) is 6.54 Å². The van der Waals surface area contributed by atoms with Crippen molar-refractivity contribution in [2.75, 3.05) is 11.9 Å². The minimum Gasteiger partial charge on any atom is -0.451 e. The molecule has 3 aromatic rings. The van der Waals surface area contributed by atoms with Gasteiger partial charge in [-0.3, -0.25) is 9.59 Å². The highest BCUT2D eigenvalue weighted by Crippen LogP contribution is 2.27. The molecule has 0 aliphatic carbocycles. The minimum atomic E-state index is -0.442. The molecule has 6 heteroatoms. The standard InChI is InChI=1S/C20H15BrN2O3/c1-3-13-5-4-6-15(9-13)23-18(24)11-22-20(25)19-12(2)16-10-14(21)7-8-17(16)26-19/h1,4-10H,11H2,2H3,(H,22,25)(H,23,24). The molecule has 0 saturated heterocycles. The Labute approximate surface area is 158 Å². The van der Waals surface area contributed by atoms with Crippen LogP contribution >= 0.6 is 15.9 Å². The predicted octanol–water partition coefficient (Wildman–Crippen LogP) is 3.85. The lowest BCUT2D eigenvalue weighted by molar-refractivity contribution is -0.115. The van der Waals surface area contributed by atoms with E-state index in [0.717, 1.165) is 15.4 Å². The number of fused-ring (bicyclic) bond motifs is 1. The fourth-order valence-corrected chi connectivity index (χ4v) is 2.90. The number of hydrogen-bond donors (Lipinski definition) is 2. The molecule has 0 atom stereocenters. The Morgan fingerprint density at radius 2 is 2.04 bits per heavy atom. The summed E-state index contributed by atoms with van der Waals surface area (Å²) in [6.07, 6.45) is 5.33. The molecule has 3 rings (SSSR count). The predicted molar refractivity (Wildman–Crippen MR) is 104 cm³/mol. The average Bonchev–Trinajstić information content (AvgIpc) is 2.96. The summed E-state index contributed by atoms with van der Waals surface area (Å²) < 4.78 is 6.51. The Hall–Kier alpha value is -3.04. The number of carbonyl (C=O) groups is 2. The third-order valence-electron chi connectivity index (χ3n) is 3.83. The Morgan fingerprint density at radius 3 is 2.81 bits per heavy atom. The van der Waals surface area contributed by atoms with Crippen LogP contribution in [0.4, 0.5) is 5.69 Å². The van der Waals surface area contributed by atoms with Crippen LogP contribution in [0.25, 0.3) is 11.0 Å². The van der Waals surface area contributed by atoms with Crippen molar-refractivity contribution in [2.45, 2.75) is 6.92 Å². The zero-order valence-electron chi connectivity index (χ0n) is 13.9. The smallest absolute Gasteiger partial charge is 0.287 e. The second-order valence-electron chi connectivity index (χ2n) is 5.65. The Morgan fingerprint density at radius 1 is 1.23 bits per heavy atom. The van der Waals surface area contributed by atoms with E-state index in [0.29, 0.717) is 16.8 Å². The first-order valence-corrected chi connectivity index (χ1v) is 8.60. The minimum absolute atomic E-state index is 0.181. The van der Waals surface area contributed by atoms with Gasteiger partial charge in [-0.05, 0) is 43.3 Å². The molecular formula is C20H15BrN2O3. The fraction of sp³-hybridized carbons (Fsp3) is 0.100. The number of terminal acetylenes is 1. The van der Waals surface area contributed by atoms with Crippen molar-refractivity contribution in [2.24, 2.45) is 0 Å². The second-order valence-corrected chi connectivity index (χ2v) is 6.57. The van der Waals surface area contributed by atoms with Crippen molar-refractivity contribution in [3.05, 3.63) is 63.8 Å². The van der Waals surface area contributed by atoms with E-state index in [1.807, 2.05) is 12.1 Å². The highest BCUT2D eigenvalue weighted by Gasteiger charge is 2.18. The third kappa shape index (κ3) is 3.79. The molecule has 2 aromatic carbocycles. The number of aryl methyl sites for hydroxylation is 1. The fourth-order valence-electron chi connectivity index (χ4n) is 2.54. The number of amides is 2. The van der Waals surface area contributed by atoms with E-state index < -0.39 is 5.91 Å². The maximum absolute atomic E-state index is 12.4. The van der Waals surface area contributed by atoms with Crippen molar-refractivity contribution in [3.8, 4) is 12.3 Å². The normalized spacial score (nSPS) is 10.3. The summed E-state index contributed by atoms with van der Waals surface area (Å²) >= 11 is 3.40. The molecule has 0 bridgehead atoms. The van der Waals surface area contributed by atoms with Crippen LogP contribution in [0.15, 0.2) is 51.4 Å². The van der Waals surface area contributed by atoms with Gasteiger partial charge >= 0.3 is 0 Å². The van der Waals surface area contributed by atoms with E-state index in [2.05, 4.69) is 32.5 Å². The summed E-state index contributed by atoms with van der Waals surface area (Å²) in [6, 6.07) is 12.4. The van der Waals surface area contributed by atoms with E-state index in [-0.39, 0.29) is 18.2 Å². The number of nitrogens with one attached hydrogen (secondary N) is 2. The van der Waals surface area contributed by atoms with Gasteiger partial charge < -0.3 is 15.1 Å². The number of benzene rings is 2. The SMILES string of the molecule is C#Cc1cccc(NC(=O)CNC(=O)c2oc3ccc(Br)cc3c2C)c1. The molecule has 0 aliphatic heterocycles. The molecule has 1 aromatic heterocycles. The van der Waals surface area contributed by atoms with Crippen LogP contribution in [0, 0.1) is 19.3 Å². The molecular weight excluding hydrogens is 396 g/mol. The largest absolute Gasteiger partial charge is 0.451 e. The van der Waals surface area contributed by atoms with Gasteiger partial charge in [0.25, 0.3) is 5.91 Å². The number of hydrogen-bond acceptors (Lipinski definition) is 3. The quantitative estimate of drug-likeness (QED) is 0.641. The van der Waals surface area contributed by atoms with Crippen LogP contribution in [0.5, 0.6) is 0 Å². The van der Waals surface area contributed by atoms with Crippen LogP contribution in [-0.2, 0) is 4.79 Å². The van der Waals surface area contributed by atoms with Crippen molar-refractivity contribution >= 4 is 44.4 Å². The first-order chi connectivity index (χ1) is 12.5. The van der Waals surface area contributed by atoms with E-state index in [4.69, 9.17) is 10.8 Å². The van der Waals surface area contributed by atoms with Crippen molar-refractivity contribution in [1.82, 2.24) is 5.32 Å². The van der Waals surface area contributed by atoms with Crippen LogP contribution in [0.2, 0.25) is 0 Å². The lowest BCUT2D eigenvalue weighted by Gasteiger charge is -2.07. The van der Waals surface area contributed by atoms with Crippen molar-refractivity contribution in [3.63, 3.8) is 0 Å². The first kappa shape index (κ1) is 17.8. The van der Waals surface area contributed by atoms with E-state index in [9.17, 15) is 9.59 Å². The highest BCUT2D eigenvalue weighted by atomic mass is 79.9. The molecule has 0 spiro atoms. The third-order valence-corrected chi connectivity index (χ3v) is 4.32. The lowest BCUT2D eigenvalue weighted by atomic mass is 10.1. The van der Waals surface area contributed by atoms with Gasteiger partial charge in [-0.25, -0.2) is 0 Å². The zero-order chi connectivity index (χ0) is 18.7. The van der Waals surface area contributed by atoms with Gasteiger partial charge in [0.2, 0.25) is 5.91 Å². The zero-order valence-corrected chi connectivity index (χ0v) is 15.5. The lowest BCUT2D eigenvalue weighted by Crippen LogP contribution is -2.32. The van der Waals surface area contributed by atoms with Gasteiger partial charge in [0.1, 0.15) is 5.58 Å². The van der Waals surface area contributed by atoms with Gasteiger partial charge in [0, 0.05) is 26.7 Å². The number of rotatable bonds is 4. The number of anilines is 1. The second kappa shape index (κ2) is 7.46. The highest BCUT2D eigenvalue weighted by molar-refractivity contribution is 9.10. The van der Waals surface area contributed by atoms with Crippen LogP contribution in [-0.4, -0.2) is 18.4 Å². The summed E-state index contributed by atoms with van der Waals surface area (Å²) in [5.74, 6) is 1.89. The summed E-state index contributed by atoms with van der Waals surface area (Å²) in [7, 11) is 0. The van der Waals surface area contributed by atoms with E-state index >= 15 is 0 Å². The molecule has 0 unspecified atom stereocenters. The Bertz CT molecular complexity index is 1050. The van der Waals surface area contributed by atoms with Crippen LogP contribution in [0.1, 0.15) is 21.7 Å². The molecule has 1 heterocycles. The summed E-state index contributed by atoms with van der Waals surface area (Å²) in [6.45, 7) is 1.62. The van der Waals surface area contributed by atoms with E-state index in [1.165, 1.54) is 0 Å². The molecule has 26 heavy (non-hydrogen) atoms. The van der Waals surface area contributed by atoms with Crippen LogP contribution < -0.4 is 10.6 Å². The molecule has 0 fully saturated rings. The van der Waals surface area contributed by atoms with E-state index in [1.54, 1.807) is 37.3 Å². The summed E-state index contributed by atoms with van der Waals surface area (Å²) in [5.41, 5.74) is 2.58. The Balaban J connectivity index is 1.66. The van der Waals surface area contributed by atoms with Gasteiger partial charge in [0.15, 0.2) is 5.76 Å². The summed E-state index contributed by atoms with van der Waals surface area (Å²) in [5, 5.41) is 6.10. The molecule has 130 valence electrons. The van der Waals surface area contributed by atoms with Gasteiger partial charge in [-0.15, -0.1) is 6.42 Å². The molecule has 2 amide bonds. The number of carbonyl (C=O) groups excluding carboxylic acids is 2. The molecule has 0 radical (unpaired) electrons. The molecule has 2 N–H and O–H groups in total. The summed E-state index contributed by atoms with van der Waals surface area (Å²) in [4.78, 5) is 24.4. The monoisotopic (exact) mass is 410 g/mol. The first-order valence-electron chi connectivity index (χ1n) is 7.81. The van der Waals surface area contributed by atoms with Gasteiger partial charge in [-0.2, -0.15) is 0 Å². The maximum Gasteiger partial charge on any atom is 0.287 e. The Kier molecular flexibility index (Phi) is 5.10. The van der Waals surface area contributed by atoms with Gasteiger partial charge in [-0.1, -0.05) is 27.9 Å². The molecule has 0 aliphatic rings. The average molecular weight is 411 g/mol. The number of furan rings is 1. The topological polar surface area (TPSA) is 71.3 Å². The number of halogens is 1. The maximum atomic E-state index is 12.4. The molecule has 5 nitrogen and oxygen atoms in total.